The first-order valence-electron chi connectivity index (χ1n) is 8.33. The van der Waals surface area contributed by atoms with Crippen molar-refractivity contribution in [3.63, 3.8) is 0 Å². The molecule has 3 rings (SSSR count). The van der Waals surface area contributed by atoms with Crippen molar-refractivity contribution in [2.45, 2.75) is 63.5 Å². The third kappa shape index (κ3) is 2.59. The average molecular weight is 307 g/mol. The number of rotatable bonds is 4. The Kier molecular flexibility index (Phi) is 3.87. The Bertz CT molecular complexity index is 497. The van der Waals surface area contributed by atoms with Gasteiger partial charge >= 0.3 is 6.03 Å². The van der Waals surface area contributed by atoms with Crippen molar-refractivity contribution < 1.29 is 14.4 Å². The summed E-state index contributed by atoms with van der Waals surface area (Å²) in [5.41, 5.74) is -0.805. The molecule has 1 atom stereocenters. The molecule has 0 spiro atoms. The highest BCUT2D eigenvalue weighted by atomic mass is 16.2. The summed E-state index contributed by atoms with van der Waals surface area (Å²) in [7, 11) is 1.79. The Hall–Kier alpha value is -1.59. The second kappa shape index (κ2) is 5.56. The summed E-state index contributed by atoms with van der Waals surface area (Å²) < 4.78 is 0. The summed E-state index contributed by atoms with van der Waals surface area (Å²) in [6, 6.07) is -0.179. The lowest BCUT2D eigenvalue weighted by Crippen LogP contribution is -2.48. The molecule has 0 bridgehead atoms. The number of hydrogen-bond donors (Lipinski definition) is 1. The van der Waals surface area contributed by atoms with Gasteiger partial charge in [0.1, 0.15) is 12.1 Å². The van der Waals surface area contributed by atoms with Crippen LogP contribution in [0.25, 0.3) is 0 Å². The van der Waals surface area contributed by atoms with E-state index in [1.54, 1.807) is 18.9 Å². The summed E-state index contributed by atoms with van der Waals surface area (Å²) in [6.45, 7) is 1.64. The van der Waals surface area contributed by atoms with Gasteiger partial charge in [-0.15, -0.1) is 0 Å². The van der Waals surface area contributed by atoms with Crippen molar-refractivity contribution in [3.05, 3.63) is 0 Å². The zero-order chi connectivity index (χ0) is 15.9. The standard InChI is InChI=1S/C16H25N3O3/c1-16(11-8-9-11)14(21)19(15(22)17-16)10-13(20)18(2)12-6-4-3-5-7-12/h11-12H,3-10H2,1-2H3,(H,17,22). The maximum absolute atomic E-state index is 12.5. The number of carbonyl (C=O) groups is 3. The quantitative estimate of drug-likeness (QED) is 0.800. The Balaban J connectivity index is 1.63. The van der Waals surface area contributed by atoms with Gasteiger partial charge < -0.3 is 10.2 Å². The minimum Gasteiger partial charge on any atom is -0.341 e. The van der Waals surface area contributed by atoms with Gasteiger partial charge in [0.15, 0.2) is 0 Å². The Morgan fingerprint density at radius 2 is 1.86 bits per heavy atom. The van der Waals surface area contributed by atoms with Gasteiger partial charge in [0, 0.05) is 13.1 Å². The first kappa shape index (κ1) is 15.3. The van der Waals surface area contributed by atoms with E-state index in [9.17, 15) is 14.4 Å². The van der Waals surface area contributed by atoms with Gasteiger partial charge in [-0.3, -0.25) is 14.5 Å². The molecular formula is C16H25N3O3. The Morgan fingerprint density at radius 1 is 1.23 bits per heavy atom. The lowest BCUT2D eigenvalue weighted by molar-refractivity contribution is -0.139. The van der Waals surface area contributed by atoms with Gasteiger partial charge in [0.2, 0.25) is 5.91 Å². The molecular weight excluding hydrogens is 282 g/mol. The van der Waals surface area contributed by atoms with Gasteiger partial charge in [-0.2, -0.15) is 0 Å². The largest absolute Gasteiger partial charge is 0.341 e. The van der Waals surface area contributed by atoms with Crippen LogP contribution in [0.4, 0.5) is 4.79 Å². The molecule has 6 nitrogen and oxygen atoms in total. The van der Waals surface area contributed by atoms with Gasteiger partial charge in [-0.25, -0.2) is 4.79 Å². The molecule has 1 aliphatic heterocycles. The van der Waals surface area contributed by atoms with Crippen molar-refractivity contribution in [1.29, 1.82) is 0 Å². The fraction of sp³-hybridized carbons (Fsp3) is 0.812. The van der Waals surface area contributed by atoms with Gasteiger partial charge in [-0.05, 0) is 38.5 Å². The Labute approximate surface area is 131 Å². The molecule has 1 heterocycles. The molecule has 4 amide bonds. The molecule has 6 heteroatoms. The normalized spacial score (nSPS) is 29.6. The number of urea groups is 1. The molecule has 0 aromatic rings. The molecule has 1 N–H and O–H groups in total. The zero-order valence-corrected chi connectivity index (χ0v) is 13.4. The van der Waals surface area contributed by atoms with Crippen LogP contribution in [-0.2, 0) is 9.59 Å². The van der Waals surface area contributed by atoms with Crippen molar-refractivity contribution in [3.8, 4) is 0 Å². The number of hydrogen-bond acceptors (Lipinski definition) is 3. The number of carbonyl (C=O) groups excluding carboxylic acids is 3. The number of imide groups is 1. The fourth-order valence-corrected chi connectivity index (χ4v) is 3.72. The molecule has 3 fully saturated rings. The molecule has 0 aromatic carbocycles. The summed E-state index contributed by atoms with van der Waals surface area (Å²) in [4.78, 5) is 39.9. The topological polar surface area (TPSA) is 69.7 Å². The molecule has 3 aliphatic rings. The molecule has 122 valence electrons. The van der Waals surface area contributed by atoms with Crippen LogP contribution in [0.15, 0.2) is 0 Å². The van der Waals surface area contributed by atoms with E-state index < -0.39 is 11.6 Å². The van der Waals surface area contributed by atoms with Crippen molar-refractivity contribution in [2.24, 2.45) is 5.92 Å². The molecule has 22 heavy (non-hydrogen) atoms. The number of amides is 4. The maximum Gasteiger partial charge on any atom is 0.325 e. The Morgan fingerprint density at radius 3 is 2.45 bits per heavy atom. The van der Waals surface area contributed by atoms with Crippen LogP contribution >= 0.6 is 0 Å². The van der Waals surface area contributed by atoms with E-state index in [1.165, 1.54) is 6.42 Å². The maximum atomic E-state index is 12.5. The molecule has 0 radical (unpaired) electrons. The van der Waals surface area contributed by atoms with Gasteiger partial charge in [0.05, 0.1) is 0 Å². The first-order valence-corrected chi connectivity index (χ1v) is 8.33. The highest BCUT2D eigenvalue weighted by Crippen LogP contribution is 2.42. The van der Waals surface area contributed by atoms with E-state index in [2.05, 4.69) is 5.32 Å². The van der Waals surface area contributed by atoms with Gasteiger partial charge in [0.25, 0.3) is 5.91 Å². The monoisotopic (exact) mass is 307 g/mol. The van der Waals surface area contributed by atoms with Crippen LogP contribution < -0.4 is 5.32 Å². The predicted octanol–water partition coefficient (Wildman–Crippen LogP) is 1.50. The molecule has 0 aromatic heterocycles. The third-order valence-corrected chi connectivity index (χ3v) is 5.50. The number of nitrogens with one attached hydrogen (secondary N) is 1. The summed E-state index contributed by atoms with van der Waals surface area (Å²) in [6.07, 6.45) is 7.48. The average Bonchev–Trinajstić information content (AvgIpc) is 3.33. The summed E-state index contributed by atoms with van der Waals surface area (Å²) >= 11 is 0. The SMILES string of the molecule is CN(C(=O)CN1C(=O)NC(C)(C2CC2)C1=O)C1CCCCC1. The highest BCUT2D eigenvalue weighted by molar-refractivity contribution is 6.09. The number of nitrogens with zero attached hydrogens (tertiary/aromatic N) is 2. The van der Waals surface area contributed by atoms with E-state index in [0.717, 1.165) is 43.4 Å². The van der Waals surface area contributed by atoms with Crippen LogP contribution in [0.3, 0.4) is 0 Å². The van der Waals surface area contributed by atoms with E-state index in [0.29, 0.717) is 0 Å². The number of likely N-dealkylation sites (N-methyl/N-ethyl adjacent to an activating group) is 1. The molecule has 2 saturated carbocycles. The lowest BCUT2D eigenvalue weighted by atomic mass is 9.94. The lowest BCUT2D eigenvalue weighted by Gasteiger charge is -2.32. The van der Waals surface area contributed by atoms with Crippen LogP contribution in [0.5, 0.6) is 0 Å². The van der Waals surface area contributed by atoms with Crippen molar-refractivity contribution in [2.75, 3.05) is 13.6 Å². The van der Waals surface area contributed by atoms with Crippen molar-refractivity contribution >= 4 is 17.8 Å². The molecule has 2 aliphatic carbocycles. The van der Waals surface area contributed by atoms with Crippen LogP contribution in [0.2, 0.25) is 0 Å². The van der Waals surface area contributed by atoms with Crippen LogP contribution in [-0.4, -0.2) is 52.8 Å². The second-order valence-corrected chi connectivity index (χ2v) is 7.09. The molecule has 1 unspecified atom stereocenters. The smallest absolute Gasteiger partial charge is 0.325 e. The fourth-order valence-electron chi connectivity index (χ4n) is 3.72. The third-order valence-electron chi connectivity index (χ3n) is 5.50. The van der Waals surface area contributed by atoms with E-state index in [4.69, 9.17) is 0 Å². The summed E-state index contributed by atoms with van der Waals surface area (Å²) in [5, 5.41) is 2.78. The van der Waals surface area contributed by atoms with Crippen molar-refractivity contribution in [1.82, 2.24) is 15.1 Å². The van der Waals surface area contributed by atoms with E-state index in [-0.39, 0.29) is 30.3 Å². The minimum atomic E-state index is -0.805. The molecule has 1 saturated heterocycles. The second-order valence-electron chi connectivity index (χ2n) is 7.09. The van der Waals surface area contributed by atoms with Crippen LogP contribution in [0.1, 0.15) is 51.9 Å². The summed E-state index contributed by atoms with van der Waals surface area (Å²) in [5.74, 6) is -0.166. The van der Waals surface area contributed by atoms with Gasteiger partial charge in [-0.1, -0.05) is 19.3 Å². The van der Waals surface area contributed by atoms with Crippen LogP contribution in [0, 0.1) is 5.92 Å². The minimum absolute atomic E-state index is 0.139. The van der Waals surface area contributed by atoms with E-state index >= 15 is 0 Å². The van der Waals surface area contributed by atoms with E-state index in [1.807, 2.05) is 0 Å². The first-order chi connectivity index (χ1) is 10.4. The zero-order valence-electron chi connectivity index (χ0n) is 13.4. The predicted molar refractivity (Wildman–Crippen MR) is 81.0 cm³/mol. The highest BCUT2D eigenvalue weighted by Gasteiger charge is 2.56.